The zero-order valence-electron chi connectivity index (χ0n) is 6.29. The van der Waals surface area contributed by atoms with E-state index in [0.717, 1.165) is 6.42 Å². The summed E-state index contributed by atoms with van der Waals surface area (Å²) in [5, 5.41) is 0. The largest absolute Gasteiger partial charge is 0.460 e. The molecule has 0 aromatic carbocycles. The van der Waals surface area contributed by atoms with Gasteiger partial charge in [0, 0.05) is 13.5 Å². The number of cyclic esters (lactones) is 1. The van der Waals surface area contributed by atoms with Crippen LogP contribution in [0, 0.1) is 0 Å². The SMILES string of the molecule is COC(C)C1CCC(=O)O1. The average Bonchev–Trinajstić information content (AvgIpc) is 2.34. The van der Waals surface area contributed by atoms with Crippen molar-refractivity contribution >= 4 is 5.97 Å². The summed E-state index contributed by atoms with van der Waals surface area (Å²) in [7, 11) is 1.62. The second-order valence-electron chi connectivity index (χ2n) is 2.51. The minimum atomic E-state index is -0.103. The number of hydrogen-bond donors (Lipinski definition) is 0. The maximum Gasteiger partial charge on any atom is 0.306 e. The van der Waals surface area contributed by atoms with Crippen LogP contribution in [0.4, 0.5) is 0 Å². The van der Waals surface area contributed by atoms with Gasteiger partial charge in [-0.05, 0) is 13.3 Å². The van der Waals surface area contributed by atoms with E-state index < -0.39 is 0 Å². The highest BCUT2D eigenvalue weighted by Gasteiger charge is 2.27. The van der Waals surface area contributed by atoms with Gasteiger partial charge in [-0.3, -0.25) is 4.79 Å². The molecule has 0 spiro atoms. The van der Waals surface area contributed by atoms with Crippen molar-refractivity contribution in [2.24, 2.45) is 0 Å². The summed E-state index contributed by atoms with van der Waals surface area (Å²) >= 11 is 0. The van der Waals surface area contributed by atoms with E-state index in [-0.39, 0.29) is 18.2 Å². The Morgan fingerprint density at radius 3 is 2.90 bits per heavy atom. The molecule has 0 N–H and O–H groups in total. The van der Waals surface area contributed by atoms with Crippen molar-refractivity contribution in [3.63, 3.8) is 0 Å². The molecule has 10 heavy (non-hydrogen) atoms. The number of rotatable bonds is 2. The molecule has 1 heterocycles. The van der Waals surface area contributed by atoms with Crippen LogP contribution in [-0.2, 0) is 14.3 Å². The van der Waals surface area contributed by atoms with E-state index in [9.17, 15) is 4.79 Å². The average molecular weight is 144 g/mol. The molecule has 0 bridgehead atoms. The Kier molecular flexibility index (Phi) is 2.27. The Labute approximate surface area is 60.3 Å². The van der Waals surface area contributed by atoms with Crippen molar-refractivity contribution in [3.05, 3.63) is 0 Å². The van der Waals surface area contributed by atoms with Gasteiger partial charge >= 0.3 is 5.97 Å². The van der Waals surface area contributed by atoms with Crippen LogP contribution >= 0.6 is 0 Å². The lowest BCUT2D eigenvalue weighted by molar-refractivity contribution is -0.145. The number of ether oxygens (including phenoxy) is 2. The van der Waals surface area contributed by atoms with Gasteiger partial charge in [0.2, 0.25) is 0 Å². The Morgan fingerprint density at radius 2 is 2.50 bits per heavy atom. The normalized spacial score (nSPS) is 28.2. The van der Waals surface area contributed by atoms with E-state index >= 15 is 0 Å². The zero-order valence-corrected chi connectivity index (χ0v) is 6.29. The number of carbonyl (C=O) groups excluding carboxylic acids is 1. The summed E-state index contributed by atoms with van der Waals surface area (Å²) in [5.74, 6) is -0.103. The smallest absolute Gasteiger partial charge is 0.306 e. The summed E-state index contributed by atoms with van der Waals surface area (Å²) in [6.45, 7) is 1.91. The van der Waals surface area contributed by atoms with Gasteiger partial charge in [0.15, 0.2) is 0 Å². The van der Waals surface area contributed by atoms with Gasteiger partial charge in [-0.2, -0.15) is 0 Å². The van der Waals surface area contributed by atoms with Crippen LogP contribution in [0.15, 0.2) is 0 Å². The van der Waals surface area contributed by atoms with E-state index in [4.69, 9.17) is 9.47 Å². The number of hydrogen-bond acceptors (Lipinski definition) is 3. The molecule has 2 unspecified atom stereocenters. The second kappa shape index (κ2) is 3.01. The molecule has 1 fully saturated rings. The van der Waals surface area contributed by atoms with Crippen molar-refractivity contribution in [3.8, 4) is 0 Å². The minimum absolute atomic E-state index is 0.0162. The Hall–Kier alpha value is -0.570. The zero-order chi connectivity index (χ0) is 7.56. The Morgan fingerprint density at radius 1 is 1.80 bits per heavy atom. The van der Waals surface area contributed by atoms with Crippen LogP contribution in [0.1, 0.15) is 19.8 Å². The fraction of sp³-hybridized carbons (Fsp3) is 0.857. The topological polar surface area (TPSA) is 35.5 Å². The first-order valence-electron chi connectivity index (χ1n) is 3.46. The van der Waals surface area contributed by atoms with Crippen LogP contribution < -0.4 is 0 Å². The number of methoxy groups -OCH3 is 1. The van der Waals surface area contributed by atoms with Crippen LogP contribution in [0.2, 0.25) is 0 Å². The molecule has 0 aromatic heterocycles. The molecule has 0 saturated carbocycles. The highest BCUT2D eigenvalue weighted by atomic mass is 16.6. The highest BCUT2D eigenvalue weighted by Crippen LogP contribution is 2.17. The maximum atomic E-state index is 10.6. The lowest BCUT2D eigenvalue weighted by Crippen LogP contribution is -2.24. The van der Waals surface area contributed by atoms with Crippen molar-refractivity contribution in [2.45, 2.75) is 32.0 Å². The van der Waals surface area contributed by atoms with Crippen molar-refractivity contribution in [2.75, 3.05) is 7.11 Å². The molecule has 3 nitrogen and oxygen atoms in total. The molecule has 1 aliphatic rings. The summed E-state index contributed by atoms with van der Waals surface area (Å²) in [4.78, 5) is 10.6. The maximum absolute atomic E-state index is 10.6. The quantitative estimate of drug-likeness (QED) is 0.536. The molecule has 58 valence electrons. The fourth-order valence-corrected chi connectivity index (χ4v) is 1.03. The minimum Gasteiger partial charge on any atom is -0.460 e. The molecule has 3 heteroatoms. The molecular formula is C7H12O3. The molecule has 2 atom stereocenters. The predicted molar refractivity (Wildman–Crippen MR) is 35.6 cm³/mol. The van der Waals surface area contributed by atoms with Crippen LogP contribution in [0.25, 0.3) is 0 Å². The van der Waals surface area contributed by atoms with Crippen molar-refractivity contribution in [1.82, 2.24) is 0 Å². The van der Waals surface area contributed by atoms with Gasteiger partial charge in [-0.1, -0.05) is 0 Å². The van der Waals surface area contributed by atoms with Gasteiger partial charge in [0.25, 0.3) is 0 Å². The van der Waals surface area contributed by atoms with Crippen LogP contribution in [-0.4, -0.2) is 25.3 Å². The molecule has 0 amide bonds. The first kappa shape index (κ1) is 7.54. The lowest BCUT2D eigenvalue weighted by atomic mass is 10.1. The standard InChI is InChI=1S/C7H12O3/c1-5(9-2)6-3-4-7(8)10-6/h5-6H,3-4H2,1-2H3. The first-order chi connectivity index (χ1) is 4.74. The molecule has 1 saturated heterocycles. The molecule has 1 rings (SSSR count). The van der Waals surface area contributed by atoms with Gasteiger partial charge < -0.3 is 9.47 Å². The molecule has 0 aromatic rings. The highest BCUT2D eigenvalue weighted by molar-refractivity contribution is 5.71. The van der Waals surface area contributed by atoms with Gasteiger partial charge in [-0.15, -0.1) is 0 Å². The third-order valence-corrected chi connectivity index (χ3v) is 1.81. The summed E-state index contributed by atoms with van der Waals surface area (Å²) < 4.78 is 9.96. The second-order valence-corrected chi connectivity index (χ2v) is 2.51. The van der Waals surface area contributed by atoms with Crippen molar-refractivity contribution < 1.29 is 14.3 Å². The summed E-state index contributed by atoms with van der Waals surface area (Å²) in [6.07, 6.45) is 1.36. The predicted octanol–water partition coefficient (Wildman–Crippen LogP) is 0.727. The lowest BCUT2D eigenvalue weighted by Gasteiger charge is -2.15. The van der Waals surface area contributed by atoms with E-state index in [2.05, 4.69) is 0 Å². The molecule has 1 aliphatic heterocycles. The van der Waals surface area contributed by atoms with E-state index in [1.807, 2.05) is 6.92 Å². The van der Waals surface area contributed by atoms with E-state index in [0.29, 0.717) is 6.42 Å². The number of esters is 1. The summed E-state index contributed by atoms with van der Waals surface area (Å²) in [6, 6.07) is 0. The Bertz CT molecular complexity index is 133. The first-order valence-corrected chi connectivity index (χ1v) is 3.46. The fourth-order valence-electron chi connectivity index (χ4n) is 1.03. The van der Waals surface area contributed by atoms with Crippen LogP contribution in [0.5, 0.6) is 0 Å². The van der Waals surface area contributed by atoms with Gasteiger partial charge in [0.05, 0.1) is 6.10 Å². The summed E-state index contributed by atoms with van der Waals surface area (Å²) in [5.41, 5.74) is 0. The van der Waals surface area contributed by atoms with Crippen molar-refractivity contribution in [1.29, 1.82) is 0 Å². The third-order valence-electron chi connectivity index (χ3n) is 1.81. The number of carbonyl (C=O) groups is 1. The van der Waals surface area contributed by atoms with Crippen LogP contribution in [0.3, 0.4) is 0 Å². The van der Waals surface area contributed by atoms with E-state index in [1.165, 1.54) is 0 Å². The van der Waals surface area contributed by atoms with E-state index in [1.54, 1.807) is 7.11 Å². The third kappa shape index (κ3) is 1.48. The molecular weight excluding hydrogens is 132 g/mol. The molecule has 0 aliphatic carbocycles. The van der Waals surface area contributed by atoms with Gasteiger partial charge in [0.1, 0.15) is 6.10 Å². The molecule has 0 radical (unpaired) electrons. The monoisotopic (exact) mass is 144 g/mol. The van der Waals surface area contributed by atoms with Gasteiger partial charge in [-0.25, -0.2) is 0 Å². The Balaban J connectivity index is 2.36.